The molecule has 8 nitrogen and oxygen atoms in total. The summed E-state index contributed by atoms with van der Waals surface area (Å²) in [5.41, 5.74) is -1.24. The minimum atomic E-state index is -1.24. The molecule has 2 rings (SSSR count). The highest BCUT2D eigenvalue weighted by Gasteiger charge is 2.35. The molecule has 1 aliphatic rings. The number of rotatable bonds is 4. The fourth-order valence-electron chi connectivity index (χ4n) is 2.28. The number of amides is 2. The number of nitrogens with one attached hydrogen (secondary N) is 1. The van der Waals surface area contributed by atoms with E-state index in [1.807, 2.05) is 11.5 Å². The first-order chi connectivity index (χ1) is 9.46. The average Bonchev–Trinajstić information content (AvgIpc) is 2.85. The van der Waals surface area contributed by atoms with Gasteiger partial charge in [0.25, 0.3) is 0 Å². The average molecular weight is 281 g/mol. The van der Waals surface area contributed by atoms with E-state index in [-0.39, 0.29) is 6.03 Å². The van der Waals surface area contributed by atoms with Gasteiger partial charge in [0.05, 0.1) is 6.54 Å². The standard InChI is InChI=1S/C12H19N5O3/c1-3-4-12(2,10(18)19)14-11(20)16-5-6-17-8-13-15-9(17)7-16/h8H,3-7H2,1-2H3,(H,14,20)(H,18,19). The molecule has 0 spiro atoms. The molecule has 110 valence electrons. The van der Waals surface area contributed by atoms with Crippen molar-refractivity contribution in [3.8, 4) is 0 Å². The van der Waals surface area contributed by atoms with Gasteiger partial charge in [-0.25, -0.2) is 9.59 Å². The Morgan fingerprint density at radius 1 is 1.50 bits per heavy atom. The number of hydrogen-bond acceptors (Lipinski definition) is 4. The molecule has 0 saturated heterocycles. The second kappa shape index (κ2) is 5.48. The lowest BCUT2D eigenvalue weighted by molar-refractivity contribution is -0.144. The maximum atomic E-state index is 12.2. The molecular formula is C12H19N5O3. The molecule has 1 unspecified atom stereocenters. The normalized spacial score (nSPS) is 17.2. The smallest absolute Gasteiger partial charge is 0.329 e. The maximum Gasteiger partial charge on any atom is 0.329 e. The molecule has 0 aliphatic carbocycles. The second-order valence-corrected chi connectivity index (χ2v) is 5.18. The third-order valence-electron chi connectivity index (χ3n) is 3.53. The van der Waals surface area contributed by atoms with Gasteiger partial charge in [-0.2, -0.15) is 0 Å². The predicted molar refractivity (Wildman–Crippen MR) is 69.9 cm³/mol. The highest BCUT2D eigenvalue weighted by atomic mass is 16.4. The topological polar surface area (TPSA) is 100 Å². The van der Waals surface area contributed by atoms with E-state index in [2.05, 4.69) is 15.5 Å². The number of carboxylic acid groups (broad SMARTS) is 1. The molecule has 0 fully saturated rings. The van der Waals surface area contributed by atoms with E-state index in [0.29, 0.717) is 38.3 Å². The Balaban J connectivity index is 2.03. The summed E-state index contributed by atoms with van der Waals surface area (Å²) < 4.78 is 1.88. The van der Waals surface area contributed by atoms with Crippen LogP contribution in [-0.2, 0) is 17.9 Å². The van der Waals surface area contributed by atoms with Gasteiger partial charge in [0.1, 0.15) is 11.9 Å². The highest BCUT2D eigenvalue weighted by molar-refractivity contribution is 5.85. The number of fused-ring (bicyclic) bond motifs is 1. The first-order valence-corrected chi connectivity index (χ1v) is 6.63. The van der Waals surface area contributed by atoms with Crippen LogP contribution in [0, 0.1) is 0 Å². The molecule has 0 radical (unpaired) electrons. The zero-order chi connectivity index (χ0) is 14.8. The summed E-state index contributed by atoms with van der Waals surface area (Å²) in [5.74, 6) is -0.313. The first kappa shape index (κ1) is 14.3. The third kappa shape index (κ3) is 2.73. The first-order valence-electron chi connectivity index (χ1n) is 6.63. The quantitative estimate of drug-likeness (QED) is 0.834. The molecule has 1 aromatic heterocycles. The summed E-state index contributed by atoms with van der Waals surface area (Å²) in [6, 6.07) is -0.377. The Labute approximate surface area is 116 Å². The van der Waals surface area contributed by atoms with E-state index in [1.165, 1.54) is 6.92 Å². The monoisotopic (exact) mass is 281 g/mol. The van der Waals surface area contributed by atoms with Gasteiger partial charge >= 0.3 is 12.0 Å². The number of carboxylic acids is 1. The Morgan fingerprint density at radius 3 is 2.90 bits per heavy atom. The van der Waals surface area contributed by atoms with Gasteiger partial charge in [-0.1, -0.05) is 13.3 Å². The Hall–Kier alpha value is -2.12. The van der Waals surface area contributed by atoms with Crippen molar-refractivity contribution in [3.63, 3.8) is 0 Å². The molecule has 2 N–H and O–H groups in total. The Morgan fingerprint density at radius 2 is 2.25 bits per heavy atom. The summed E-state index contributed by atoms with van der Waals surface area (Å²) in [4.78, 5) is 25.1. The van der Waals surface area contributed by atoms with Crippen molar-refractivity contribution in [2.75, 3.05) is 6.54 Å². The number of carbonyl (C=O) groups is 2. The number of aromatic nitrogens is 3. The lowest BCUT2D eigenvalue weighted by Crippen LogP contribution is -2.56. The molecule has 0 aromatic carbocycles. The molecule has 1 aliphatic heterocycles. The molecule has 20 heavy (non-hydrogen) atoms. The SMILES string of the molecule is CCCC(C)(NC(=O)N1CCn2cnnc2C1)C(=O)O. The van der Waals surface area contributed by atoms with Crippen molar-refractivity contribution < 1.29 is 14.7 Å². The van der Waals surface area contributed by atoms with Crippen molar-refractivity contribution >= 4 is 12.0 Å². The number of carbonyl (C=O) groups excluding carboxylic acids is 1. The molecule has 8 heteroatoms. The van der Waals surface area contributed by atoms with Crippen LogP contribution in [0.1, 0.15) is 32.5 Å². The van der Waals surface area contributed by atoms with Crippen molar-refractivity contribution in [2.45, 2.75) is 45.3 Å². The van der Waals surface area contributed by atoms with E-state index in [0.717, 1.165) is 0 Å². The van der Waals surface area contributed by atoms with E-state index < -0.39 is 11.5 Å². The van der Waals surface area contributed by atoms with E-state index in [9.17, 15) is 14.7 Å². The highest BCUT2D eigenvalue weighted by Crippen LogP contribution is 2.15. The van der Waals surface area contributed by atoms with Gasteiger partial charge < -0.3 is 19.9 Å². The molecule has 1 atom stereocenters. The van der Waals surface area contributed by atoms with Crippen LogP contribution >= 0.6 is 0 Å². The summed E-state index contributed by atoms with van der Waals surface area (Å²) >= 11 is 0. The van der Waals surface area contributed by atoms with E-state index >= 15 is 0 Å². The fourth-order valence-corrected chi connectivity index (χ4v) is 2.28. The Kier molecular flexibility index (Phi) is 3.91. The fraction of sp³-hybridized carbons (Fsp3) is 0.667. The van der Waals surface area contributed by atoms with Crippen LogP contribution in [0.25, 0.3) is 0 Å². The molecule has 0 saturated carbocycles. The minimum absolute atomic E-state index is 0.341. The van der Waals surface area contributed by atoms with Crippen LogP contribution < -0.4 is 5.32 Å². The van der Waals surface area contributed by atoms with E-state index in [4.69, 9.17) is 0 Å². The van der Waals surface area contributed by atoms with E-state index in [1.54, 1.807) is 11.2 Å². The molecular weight excluding hydrogens is 262 g/mol. The second-order valence-electron chi connectivity index (χ2n) is 5.18. The van der Waals surface area contributed by atoms with Crippen LogP contribution in [0.5, 0.6) is 0 Å². The van der Waals surface area contributed by atoms with Crippen molar-refractivity contribution in [1.29, 1.82) is 0 Å². The Bertz CT molecular complexity index is 515. The van der Waals surface area contributed by atoms with Crippen LogP contribution in [0.4, 0.5) is 4.79 Å². The number of nitrogens with zero attached hydrogens (tertiary/aromatic N) is 4. The predicted octanol–water partition coefficient (Wildman–Crippen LogP) is 0.447. The van der Waals surface area contributed by atoms with Crippen LogP contribution in [0.15, 0.2) is 6.33 Å². The molecule has 2 amide bonds. The summed E-state index contributed by atoms with van der Waals surface area (Å²) in [7, 11) is 0. The maximum absolute atomic E-state index is 12.2. The van der Waals surface area contributed by atoms with Gasteiger partial charge in [0.2, 0.25) is 0 Å². The van der Waals surface area contributed by atoms with Crippen LogP contribution in [0.3, 0.4) is 0 Å². The molecule has 0 bridgehead atoms. The lowest BCUT2D eigenvalue weighted by atomic mass is 9.96. The largest absolute Gasteiger partial charge is 0.480 e. The van der Waals surface area contributed by atoms with Crippen LogP contribution in [0.2, 0.25) is 0 Å². The summed E-state index contributed by atoms with van der Waals surface area (Å²) in [5, 5.41) is 19.6. The van der Waals surface area contributed by atoms with Crippen molar-refractivity contribution in [1.82, 2.24) is 25.0 Å². The minimum Gasteiger partial charge on any atom is -0.480 e. The zero-order valence-corrected chi connectivity index (χ0v) is 11.7. The number of urea groups is 1. The number of aliphatic carboxylic acids is 1. The third-order valence-corrected chi connectivity index (χ3v) is 3.53. The lowest BCUT2D eigenvalue weighted by Gasteiger charge is -2.32. The van der Waals surface area contributed by atoms with Gasteiger partial charge in [-0.15, -0.1) is 10.2 Å². The molecule has 1 aromatic rings. The van der Waals surface area contributed by atoms with Crippen molar-refractivity contribution in [2.24, 2.45) is 0 Å². The van der Waals surface area contributed by atoms with Gasteiger partial charge in [0, 0.05) is 13.1 Å². The van der Waals surface area contributed by atoms with Gasteiger partial charge in [-0.05, 0) is 13.3 Å². The summed E-state index contributed by atoms with van der Waals surface area (Å²) in [6.07, 6.45) is 2.69. The van der Waals surface area contributed by atoms with Crippen LogP contribution in [-0.4, -0.2) is 48.9 Å². The van der Waals surface area contributed by atoms with Crippen molar-refractivity contribution in [3.05, 3.63) is 12.2 Å². The van der Waals surface area contributed by atoms with Gasteiger partial charge in [-0.3, -0.25) is 0 Å². The molecule has 2 heterocycles. The zero-order valence-electron chi connectivity index (χ0n) is 11.7. The summed E-state index contributed by atoms with van der Waals surface area (Å²) in [6.45, 7) is 4.89. The number of hydrogen-bond donors (Lipinski definition) is 2. The van der Waals surface area contributed by atoms with Gasteiger partial charge in [0.15, 0.2) is 5.82 Å².